The van der Waals surface area contributed by atoms with Gasteiger partial charge in [-0.05, 0) is 17.7 Å². The van der Waals surface area contributed by atoms with Gasteiger partial charge >= 0.3 is 0 Å². The van der Waals surface area contributed by atoms with Crippen LogP contribution in [0, 0.1) is 0 Å². The third-order valence-corrected chi connectivity index (χ3v) is 3.85. The van der Waals surface area contributed by atoms with Crippen molar-refractivity contribution < 1.29 is 8.42 Å². The van der Waals surface area contributed by atoms with Gasteiger partial charge in [0, 0.05) is 12.5 Å². The second-order valence-electron chi connectivity index (χ2n) is 4.00. The third-order valence-electron chi connectivity index (χ3n) is 2.44. The van der Waals surface area contributed by atoms with Crippen LogP contribution in [0.2, 0.25) is 5.02 Å². The van der Waals surface area contributed by atoms with Crippen LogP contribution in [0.25, 0.3) is 0 Å². The van der Waals surface area contributed by atoms with E-state index in [1.165, 1.54) is 12.4 Å². The zero-order valence-electron chi connectivity index (χ0n) is 9.67. The molecule has 0 amide bonds. The predicted octanol–water partition coefficient (Wildman–Crippen LogP) is 1.57. The third kappa shape index (κ3) is 2.83. The highest BCUT2D eigenvalue weighted by molar-refractivity contribution is 7.90. The molecule has 0 unspecified atom stereocenters. The molecule has 0 aliphatic rings. The van der Waals surface area contributed by atoms with Crippen LogP contribution in [0.1, 0.15) is 5.56 Å². The van der Waals surface area contributed by atoms with E-state index in [0.717, 1.165) is 11.8 Å². The number of hydrogen-bond donors (Lipinski definition) is 1. The zero-order valence-corrected chi connectivity index (χ0v) is 11.2. The van der Waals surface area contributed by atoms with Crippen molar-refractivity contribution >= 4 is 27.1 Å². The maximum Gasteiger partial charge on any atom is 0.178 e. The molecule has 0 fully saturated rings. The van der Waals surface area contributed by atoms with Gasteiger partial charge in [0.15, 0.2) is 9.84 Å². The van der Waals surface area contributed by atoms with E-state index in [1.807, 2.05) is 6.07 Å². The van der Waals surface area contributed by atoms with Crippen LogP contribution in [-0.2, 0) is 16.4 Å². The molecule has 1 aromatic carbocycles. The van der Waals surface area contributed by atoms with Crippen LogP contribution in [-0.4, -0.2) is 24.5 Å². The second-order valence-corrected chi connectivity index (χ2v) is 6.42. The smallest absolute Gasteiger partial charge is 0.178 e. The van der Waals surface area contributed by atoms with Gasteiger partial charge in [-0.1, -0.05) is 17.7 Å². The molecule has 0 atom stereocenters. The SMILES string of the molecule is CS(=O)(=O)c1cnn(Cc2ccc(Cl)c(N)c2)c1. The van der Waals surface area contributed by atoms with Gasteiger partial charge in [-0.3, -0.25) is 4.68 Å². The fraction of sp³-hybridized carbons (Fsp3) is 0.182. The van der Waals surface area contributed by atoms with Crippen LogP contribution in [0.3, 0.4) is 0 Å². The molecule has 0 aliphatic heterocycles. The number of benzene rings is 1. The number of nitrogen functional groups attached to an aromatic ring is 1. The lowest BCUT2D eigenvalue weighted by Gasteiger charge is -2.04. The summed E-state index contributed by atoms with van der Waals surface area (Å²) in [5, 5.41) is 4.49. The Morgan fingerprint density at radius 1 is 1.44 bits per heavy atom. The highest BCUT2D eigenvalue weighted by atomic mass is 35.5. The van der Waals surface area contributed by atoms with Crippen molar-refractivity contribution in [2.45, 2.75) is 11.4 Å². The summed E-state index contributed by atoms with van der Waals surface area (Å²) in [6.45, 7) is 0.441. The van der Waals surface area contributed by atoms with E-state index in [2.05, 4.69) is 5.10 Å². The highest BCUT2D eigenvalue weighted by Crippen LogP contribution is 2.20. The van der Waals surface area contributed by atoms with Gasteiger partial charge in [0.05, 0.1) is 23.5 Å². The maximum atomic E-state index is 11.3. The number of sulfone groups is 1. The van der Waals surface area contributed by atoms with Gasteiger partial charge in [-0.15, -0.1) is 0 Å². The van der Waals surface area contributed by atoms with Crippen molar-refractivity contribution in [1.29, 1.82) is 0 Å². The Morgan fingerprint density at radius 3 is 2.72 bits per heavy atom. The van der Waals surface area contributed by atoms with Gasteiger partial charge in [0.2, 0.25) is 0 Å². The Balaban J connectivity index is 2.24. The predicted molar refractivity (Wildman–Crippen MR) is 70.3 cm³/mol. The molecule has 2 aromatic rings. The van der Waals surface area contributed by atoms with E-state index in [0.29, 0.717) is 17.3 Å². The van der Waals surface area contributed by atoms with Gasteiger partial charge in [-0.25, -0.2) is 8.42 Å². The quantitative estimate of drug-likeness (QED) is 0.868. The number of aromatic nitrogens is 2. The summed E-state index contributed by atoms with van der Waals surface area (Å²) in [7, 11) is -3.22. The minimum Gasteiger partial charge on any atom is -0.398 e. The highest BCUT2D eigenvalue weighted by Gasteiger charge is 2.10. The molecule has 1 heterocycles. The molecule has 0 saturated heterocycles. The van der Waals surface area contributed by atoms with Gasteiger partial charge in [-0.2, -0.15) is 5.10 Å². The normalized spacial score (nSPS) is 11.7. The van der Waals surface area contributed by atoms with Gasteiger partial charge < -0.3 is 5.73 Å². The van der Waals surface area contributed by atoms with Crippen molar-refractivity contribution in [3.05, 3.63) is 41.2 Å². The first-order chi connectivity index (χ1) is 8.36. The molecule has 0 saturated carbocycles. The summed E-state index contributed by atoms with van der Waals surface area (Å²) in [5.41, 5.74) is 7.08. The van der Waals surface area contributed by atoms with E-state index in [9.17, 15) is 8.42 Å². The van der Waals surface area contributed by atoms with E-state index < -0.39 is 9.84 Å². The fourth-order valence-electron chi connectivity index (χ4n) is 1.50. The lowest BCUT2D eigenvalue weighted by molar-refractivity contribution is 0.601. The van der Waals surface area contributed by atoms with Crippen molar-refractivity contribution in [2.24, 2.45) is 0 Å². The Hall–Kier alpha value is -1.53. The molecule has 7 heteroatoms. The molecule has 0 spiro atoms. The summed E-state index contributed by atoms with van der Waals surface area (Å²) < 4.78 is 24.2. The number of halogens is 1. The molecule has 0 aliphatic carbocycles. The van der Waals surface area contributed by atoms with Gasteiger partial charge in [0.25, 0.3) is 0 Å². The minimum absolute atomic E-state index is 0.199. The summed E-state index contributed by atoms with van der Waals surface area (Å²) >= 11 is 5.82. The van der Waals surface area contributed by atoms with E-state index >= 15 is 0 Å². The zero-order chi connectivity index (χ0) is 13.3. The first-order valence-corrected chi connectivity index (χ1v) is 7.39. The first kappa shape index (κ1) is 12.9. The largest absolute Gasteiger partial charge is 0.398 e. The number of hydrogen-bond acceptors (Lipinski definition) is 4. The summed E-state index contributed by atoms with van der Waals surface area (Å²) in [6, 6.07) is 5.26. The summed E-state index contributed by atoms with van der Waals surface area (Å²) in [4.78, 5) is 0.199. The molecule has 1 aromatic heterocycles. The average Bonchev–Trinajstić information content (AvgIpc) is 2.72. The van der Waals surface area contributed by atoms with Crippen molar-refractivity contribution in [1.82, 2.24) is 9.78 Å². The molecule has 2 N–H and O–H groups in total. The monoisotopic (exact) mass is 285 g/mol. The fourth-order valence-corrected chi connectivity index (χ4v) is 2.17. The number of rotatable bonds is 3. The summed E-state index contributed by atoms with van der Waals surface area (Å²) in [5.74, 6) is 0. The Morgan fingerprint density at radius 2 is 2.17 bits per heavy atom. The molecule has 5 nitrogen and oxygen atoms in total. The lowest BCUT2D eigenvalue weighted by atomic mass is 10.2. The Kier molecular flexibility index (Phi) is 3.32. The average molecular weight is 286 g/mol. The topological polar surface area (TPSA) is 78.0 Å². The van der Waals surface area contributed by atoms with Gasteiger partial charge in [0.1, 0.15) is 4.90 Å². The Labute approximate surface area is 110 Å². The maximum absolute atomic E-state index is 11.3. The second kappa shape index (κ2) is 4.62. The van der Waals surface area contributed by atoms with Crippen LogP contribution < -0.4 is 5.73 Å². The van der Waals surface area contributed by atoms with Crippen molar-refractivity contribution in [3.8, 4) is 0 Å². The number of nitrogens with zero attached hydrogens (tertiary/aromatic N) is 2. The molecule has 2 rings (SSSR count). The first-order valence-electron chi connectivity index (χ1n) is 5.12. The van der Waals surface area contributed by atoms with Crippen LogP contribution in [0.4, 0.5) is 5.69 Å². The molecule has 96 valence electrons. The number of nitrogens with two attached hydrogens (primary N) is 1. The van der Waals surface area contributed by atoms with Crippen LogP contribution in [0.15, 0.2) is 35.5 Å². The van der Waals surface area contributed by atoms with Crippen molar-refractivity contribution in [3.63, 3.8) is 0 Å². The number of anilines is 1. The minimum atomic E-state index is -3.22. The lowest BCUT2D eigenvalue weighted by Crippen LogP contribution is -2.01. The summed E-state index contributed by atoms with van der Waals surface area (Å²) in [6.07, 6.45) is 3.96. The molecular formula is C11H12ClN3O2S. The van der Waals surface area contributed by atoms with Crippen LogP contribution in [0.5, 0.6) is 0 Å². The van der Waals surface area contributed by atoms with E-state index in [4.69, 9.17) is 17.3 Å². The standard InChI is InChI=1S/C11H12ClN3O2S/c1-18(16,17)9-5-14-15(7-9)6-8-2-3-10(12)11(13)4-8/h2-5,7H,6,13H2,1H3. The molecular weight excluding hydrogens is 274 g/mol. The van der Waals surface area contributed by atoms with E-state index in [1.54, 1.807) is 16.8 Å². The molecule has 0 bridgehead atoms. The molecule has 18 heavy (non-hydrogen) atoms. The van der Waals surface area contributed by atoms with Crippen molar-refractivity contribution in [2.75, 3.05) is 12.0 Å². The molecule has 0 radical (unpaired) electrons. The Bertz CT molecular complexity index is 679. The van der Waals surface area contributed by atoms with E-state index in [-0.39, 0.29) is 4.90 Å². The van der Waals surface area contributed by atoms with Crippen LogP contribution >= 0.6 is 11.6 Å².